The van der Waals surface area contributed by atoms with Crippen LogP contribution < -0.4 is 10.6 Å². The van der Waals surface area contributed by atoms with Gasteiger partial charge in [0.25, 0.3) is 0 Å². The van der Waals surface area contributed by atoms with Gasteiger partial charge in [-0.05, 0) is 49.6 Å². The number of carbonyl (C=O) groups excluding carboxylic acids is 1. The second-order valence-corrected chi connectivity index (χ2v) is 7.60. The van der Waals surface area contributed by atoms with Crippen LogP contribution in [0.4, 0.5) is 19.0 Å². The quantitative estimate of drug-likeness (QED) is 0.701. The molecule has 2 aromatic rings. The zero-order chi connectivity index (χ0) is 22.1. The number of aryl methyl sites for hydroxylation is 1. The number of phenolic OH excluding ortho intramolecular Hbond substituents is 1. The summed E-state index contributed by atoms with van der Waals surface area (Å²) in [5.41, 5.74) is 0.226. The van der Waals surface area contributed by atoms with Gasteiger partial charge in [-0.1, -0.05) is 0 Å². The highest BCUT2D eigenvalue weighted by Gasteiger charge is 2.31. The molecule has 1 aliphatic heterocycles. The van der Waals surface area contributed by atoms with E-state index < -0.39 is 17.5 Å². The molecule has 1 aliphatic rings. The van der Waals surface area contributed by atoms with E-state index in [9.17, 15) is 23.1 Å². The molecule has 2 heterocycles. The van der Waals surface area contributed by atoms with Gasteiger partial charge in [-0.15, -0.1) is 10.2 Å². The molecule has 3 rings (SSSR count). The first-order valence-corrected chi connectivity index (χ1v) is 9.52. The first kappa shape index (κ1) is 21.8. The third-order valence-corrected chi connectivity index (χ3v) is 5.07. The van der Waals surface area contributed by atoms with Gasteiger partial charge in [0.05, 0.1) is 17.3 Å². The fraction of sp³-hybridized carbons (Fsp3) is 0.450. The van der Waals surface area contributed by atoms with Gasteiger partial charge < -0.3 is 20.6 Å². The molecule has 3 N–H and O–H groups in total. The lowest BCUT2D eigenvalue weighted by Gasteiger charge is -2.31. The minimum absolute atomic E-state index is 0.0461. The number of nitrogens with one attached hydrogen (secondary N) is 2. The molecule has 1 saturated heterocycles. The number of hydrogen-bond donors (Lipinski definition) is 3. The van der Waals surface area contributed by atoms with Crippen LogP contribution in [0.2, 0.25) is 0 Å². The summed E-state index contributed by atoms with van der Waals surface area (Å²) in [6, 6.07) is 4.38. The van der Waals surface area contributed by atoms with Gasteiger partial charge >= 0.3 is 6.18 Å². The molecule has 10 heteroatoms. The van der Waals surface area contributed by atoms with Gasteiger partial charge in [-0.2, -0.15) is 13.2 Å². The summed E-state index contributed by atoms with van der Waals surface area (Å²) in [6.45, 7) is 2.34. The Balaban J connectivity index is 1.69. The zero-order valence-electron chi connectivity index (χ0n) is 16.9. The van der Waals surface area contributed by atoms with Crippen LogP contribution in [0.25, 0.3) is 11.3 Å². The van der Waals surface area contributed by atoms with E-state index in [0.29, 0.717) is 36.1 Å². The van der Waals surface area contributed by atoms with Crippen molar-refractivity contribution in [3.05, 3.63) is 35.4 Å². The predicted octanol–water partition coefficient (Wildman–Crippen LogP) is 2.80. The number of piperidine rings is 1. The van der Waals surface area contributed by atoms with Gasteiger partial charge in [0, 0.05) is 32.2 Å². The summed E-state index contributed by atoms with van der Waals surface area (Å²) in [7, 11) is 3.45. The maximum Gasteiger partial charge on any atom is 0.416 e. The van der Waals surface area contributed by atoms with Crippen molar-refractivity contribution in [1.82, 2.24) is 20.4 Å². The number of benzene rings is 1. The summed E-state index contributed by atoms with van der Waals surface area (Å²) in [5, 5.41) is 24.7. The van der Waals surface area contributed by atoms with Crippen molar-refractivity contribution in [3.8, 4) is 17.0 Å². The van der Waals surface area contributed by atoms with Crippen LogP contribution in [0.3, 0.4) is 0 Å². The number of amides is 1. The average molecular weight is 423 g/mol. The molecule has 0 unspecified atom stereocenters. The number of likely N-dealkylation sites (N-methyl/N-ethyl adjacent to an activating group) is 1. The van der Waals surface area contributed by atoms with Gasteiger partial charge in [-0.25, -0.2) is 0 Å². The van der Waals surface area contributed by atoms with E-state index in [1.807, 2.05) is 0 Å². The van der Waals surface area contributed by atoms with Crippen molar-refractivity contribution < 1.29 is 23.1 Å². The largest absolute Gasteiger partial charge is 0.507 e. The van der Waals surface area contributed by atoms with Crippen LogP contribution >= 0.6 is 0 Å². The van der Waals surface area contributed by atoms with Crippen molar-refractivity contribution in [2.24, 2.45) is 0 Å². The number of alkyl halides is 3. The van der Waals surface area contributed by atoms with Crippen molar-refractivity contribution >= 4 is 11.7 Å². The third-order valence-electron chi connectivity index (χ3n) is 5.07. The van der Waals surface area contributed by atoms with E-state index in [1.54, 1.807) is 32.0 Å². The Labute approximate surface area is 172 Å². The van der Waals surface area contributed by atoms with Crippen molar-refractivity contribution in [2.45, 2.75) is 38.0 Å². The van der Waals surface area contributed by atoms with E-state index in [0.717, 1.165) is 12.5 Å². The van der Waals surface area contributed by atoms with Crippen molar-refractivity contribution in [3.63, 3.8) is 0 Å². The number of nitrogens with zero attached hydrogens (tertiary/aromatic N) is 3. The van der Waals surface area contributed by atoms with Crippen molar-refractivity contribution in [1.29, 1.82) is 0 Å². The molecular weight excluding hydrogens is 399 g/mol. The fourth-order valence-corrected chi connectivity index (χ4v) is 3.44. The van der Waals surface area contributed by atoms with Gasteiger partial charge in [0.2, 0.25) is 5.91 Å². The maximum atomic E-state index is 12.8. The normalized spacial score (nSPS) is 19.4. The summed E-state index contributed by atoms with van der Waals surface area (Å²) >= 11 is 0. The lowest BCUT2D eigenvalue weighted by atomic mass is 9.99. The third kappa shape index (κ3) is 4.81. The molecule has 1 fully saturated rings. The number of aromatic nitrogens is 2. The van der Waals surface area contributed by atoms with Gasteiger partial charge in [0.1, 0.15) is 11.6 Å². The molecule has 1 amide bonds. The highest BCUT2D eigenvalue weighted by molar-refractivity contribution is 5.81. The Morgan fingerprint density at radius 3 is 2.50 bits per heavy atom. The molecule has 0 bridgehead atoms. The molecule has 30 heavy (non-hydrogen) atoms. The number of halogens is 3. The summed E-state index contributed by atoms with van der Waals surface area (Å²) in [5.74, 6) is 0.0626. The number of anilines is 1. The Bertz CT molecular complexity index is 925. The summed E-state index contributed by atoms with van der Waals surface area (Å²) in [4.78, 5) is 13.6. The SMILES string of the molecule is Cc1cc(N[C@@H]2CC[C@@H](C(=O)N(C)C)NC2)nnc1-c1ccc(C(F)(F)F)cc1O. The molecule has 7 nitrogen and oxygen atoms in total. The topological polar surface area (TPSA) is 90.4 Å². The lowest BCUT2D eigenvalue weighted by molar-refractivity contribution is -0.137. The van der Waals surface area contributed by atoms with E-state index >= 15 is 0 Å². The standard InChI is InChI=1S/C20H24F3N5O2/c1-11-8-17(25-13-5-7-15(24-10-13)19(30)28(2)3)26-27-18(11)14-6-4-12(9-16(14)29)20(21,22)23/h4,6,8-9,13,15,24,29H,5,7,10H2,1-3H3,(H,25,26)/t13-,15+/m1/s1. The number of carbonyl (C=O) groups is 1. The molecule has 0 spiro atoms. The van der Waals surface area contributed by atoms with Crippen LogP contribution in [0.1, 0.15) is 24.0 Å². The zero-order valence-corrected chi connectivity index (χ0v) is 16.9. The van der Waals surface area contributed by atoms with Crippen LogP contribution in [-0.2, 0) is 11.0 Å². The minimum atomic E-state index is -4.53. The van der Waals surface area contributed by atoms with Crippen molar-refractivity contribution in [2.75, 3.05) is 26.0 Å². The first-order valence-electron chi connectivity index (χ1n) is 9.52. The Kier molecular flexibility index (Phi) is 6.16. The average Bonchev–Trinajstić information content (AvgIpc) is 2.68. The van der Waals surface area contributed by atoms with Crippen LogP contribution in [-0.4, -0.2) is 58.8 Å². The summed E-state index contributed by atoms with van der Waals surface area (Å²) < 4.78 is 38.4. The van der Waals surface area contributed by atoms with E-state index in [4.69, 9.17) is 0 Å². The highest BCUT2D eigenvalue weighted by atomic mass is 19.4. The fourth-order valence-electron chi connectivity index (χ4n) is 3.44. The van der Waals surface area contributed by atoms with Gasteiger partial charge in [-0.3, -0.25) is 4.79 Å². The Hall–Kier alpha value is -2.88. The molecule has 2 atom stereocenters. The number of hydrogen-bond acceptors (Lipinski definition) is 6. The molecule has 0 saturated carbocycles. The number of aromatic hydroxyl groups is 1. The van der Waals surface area contributed by atoms with E-state index in [1.165, 1.54) is 6.07 Å². The first-order chi connectivity index (χ1) is 14.1. The smallest absolute Gasteiger partial charge is 0.416 e. The molecule has 1 aromatic carbocycles. The van der Waals surface area contributed by atoms with Crippen LogP contribution in [0, 0.1) is 6.92 Å². The van der Waals surface area contributed by atoms with E-state index in [-0.39, 0.29) is 23.6 Å². The molecule has 0 aliphatic carbocycles. The molecular formula is C20H24F3N5O2. The molecule has 0 radical (unpaired) electrons. The highest BCUT2D eigenvalue weighted by Crippen LogP contribution is 2.36. The van der Waals surface area contributed by atoms with Crippen LogP contribution in [0.5, 0.6) is 5.75 Å². The second-order valence-electron chi connectivity index (χ2n) is 7.60. The number of rotatable bonds is 4. The monoisotopic (exact) mass is 423 g/mol. The van der Waals surface area contributed by atoms with Gasteiger partial charge in [0.15, 0.2) is 0 Å². The van der Waals surface area contributed by atoms with Crippen LogP contribution in [0.15, 0.2) is 24.3 Å². The predicted molar refractivity (Wildman–Crippen MR) is 106 cm³/mol. The second kappa shape index (κ2) is 8.47. The Morgan fingerprint density at radius 1 is 1.23 bits per heavy atom. The minimum Gasteiger partial charge on any atom is -0.507 e. The lowest BCUT2D eigenvalue weighted by Crippen LogP contribution is -2.51. The molecule has 162 valence electrons. The maximum absolute atomic E-state index is 12.8. The Morgan fingerprint density at radius 2 is 1.97 bits per heavy atom. The number of phenols is 1. The molecule has 1 aromatic heterocycles. The summed E-state index contributed by atoms with van der Waals surface area (Å²) in [6.07, 6.45) is -3.06. The van der Waals surface area contributed by atoms with E-state index in [2.05, 4.69) is 20.8 Å².